The molecule has 0 rings (SSSR count). The summed E-state index contributed by atoms with van der Waals surface area (Å²) in [6.45, 7) is 19.1. The number of hydrogen-bond donors (Lipinski definition) is 4. The number of carboxylic acid groups (broad SMARTS) is 4. The van der Waals surface area contributed by atoms with Crippen LogP contribution in [0.3, 0.4) is 0 Å². The van der Waals surface area contributed by atoms with Crippen molar-refractivity contribution in [2.24, 2.45) is 0 Å². The van der Waals surface area contributed by atoms with Crippen LogP contribution in [0.25, 0.3) is 0 Å². The van der Waals surface area contributed by atoms with Gasteiger partial charge in [-0.15, -0.1) is 0 Å². The van der Waals surface area contributed by atoms with Gasteiger partial charge in [0.15, 0.2) is 0 Å². The minimum atomic E-state index is -0.981. The first-order valence-electron chi connectivity index (χ1n) is 7.01. The second-order valence-electron chi connectivity index (χ2n) is 3.67. The fourth-order valence-electron chi connectivity index (χ4n) is 0.254. The van der Waals surface area contributed by atoms with Crippen LogP contribution in [0.2, 0.25) is 0 Å². The van der Waals surface area contributed by atoms with Crippen molar-refractivity contribution in [2.75, 3.05) is 6.61 Å². The Kier molecular flexibility index (Phi) is 44.2. The normalized spacial score (nSPS) is 6.69. The molecule has 0 amide bonds. The predicted octanol–water partition coefficient (Wildman–Crippen LogP) is 0.702. The van der Waals surface area contributed by atoms with Gasteiger partial charge < -0.3 is 25.2 Å². The fraction of sp³-hybridized carbons (Fsp3) is 0.167. The van der Waals surface area contributed by atoms with Crippen LogP contribution in [-0.4, -0.2) is 67.8 Å². The van der Waals surface area contributed by atoms with E-state index in [1.807, 2.05) is 0 Å². The number of esters is 1. The van der Waals surface area contributed by atoms with Crippen molar-refractivity contribution in [2.45, 2.75) is 13.8 Å². The van der Waals surface area contributed by atoms with Crippen molar-refractivity contribution in [3.8, 4) is 0 Å². The highest BCUT2D eigenvalue weighted by Crippen LogP contribution is 1.89. The lowest BCUT2D eigenvalue weighted by Gasteiger charge is -1.96. The Bertz CT molecular complexity index is 493. The number of ether oxygens (including phenoxy) is 1. The summed E-state index contributed by atoms with van der Waals surface area (Å²) in [7, 11) is 0. The van der Waals surface area contributed by atoms with Crippen LogP contribution in [0.15, 0.2) is 62.8 Å². The molecule has 0 aromatic carbocycles. The highest BCUT2D eigenvalue weighted by Gasteiger charge is 1.98. The molecule has 0 saturated heterocycles. The first kappa shape index (κ1) is 40.1. The lowest BCUT2D eigenvalue weighted by atomic mass is 10.4. The Morgan fingerprint density at radius 3 is 0.931 bits per heavy atom. The predicted molar refractivity (Wildman–Crippen MR) is 114 cm³/mol. The van der Waals surface area contributed by atoms with Crippen LogP contribution in [0.4, 0.5) is 0 Å². The molecule has 0 heterocycles. The molecule has 0 atom stereocenters. The molecule has 166 valence electrons. The van der Waals surface area contributed by atoms with E-state index < -0.39 is 23.9 Å². The van der Waals surface area contributed by atoms with Crippen molar-refractivity contribution >= 4 is 40.8 Å². The van der Waals surface area contributed by atoms with E-state index in [4.69, 9.17) is 20.4 Å². The topological polar surface area (TPSA) is 176 Å². The smallest absolute Gasteiger partial charge is 0.333 e. The van der Waals surface area contributed by atoms with E-state index in [0.29, 0.717) is 12.2 Å². The van der Waals surface area contributed by atoms with Crippen LogP contribution in [0, 0.1) is 0 Å². The van der Waals surface area contributed by atoms with Crippen LogP contribution >= 0.6 is 0 Å². The van der Waals surface area contributed by atoms with E-state index in [1.54, 1.807) is 13.8 Å². The molecule has 0 spiro atoms. The molecule has 0 aromatic rings. The molecule has 0 radical (unpaired) electrons. The summed E-state index contributed by atoms with van der Waals surface area (Å²) >= 11 is 0. The largest absolute Gasteiger partial charge is 0.478 e. The van der Waals surface area contributed by atoms with E-state index in [-0.39, 0.29) is 16.9 Å². The molecule has 10 nitrogen and oxygen atoms in total. The van der Waals surface area contributed by atoms with Gasteiger partial charge in [-0.25, -0.2) is 24.0 Å². The number of carbonyl (C=O) groups is 5. The summed E-state index contributed by atoms with van der Waals surface area (Å²) in [5.41, 5.74) is 0.451. The van der Waals surface area contributed by atoms with Gasteiger partial charge >= 0.3 is 29.8 Å². The minimum absolute atomic E-state index is 0. The zero-order valence-corrected chi connectivity index (χ0v) is 15.8. The lowest BCUT2D eigenvalue weighted by Crippen LogP contribution is -2.03. The van der Waals surface area contributed by atoms with Gasteiger partial charge in [0.1, 0.15) is 0 Å². The molecule has 0 aliphatic rings. The van der Waals surface area contributed by atoms with Gasteiger partial charge in [-0.3, -0.25) is 0 Å². The molecular formula is C18H30O10Si. The van der Waals surface area contributed by atoms with Gasteiger partial charge in [0.25, 0.3) is 0 Å². The van der Waals surface area contributed by atoms with E-state index >= 15 is 0 Å². The number of aliphatic carboxylic acids is 4. The third-order valence-electron chi connectivity index (χ3n) is 1.32. The fourth-order valence-corrected chi connectivity index (χ4v) is 0.254. The van der Waals surface area contributed by atoms with E-state index in [2.05, 4.69) is 37.6 Å². The molecule has 0 aromatic heterocycles. The van der Waals surface area contributed by atoms with Crippen molar-refractivity contribution < 1.29 is 49.1 Å². The molecule has 4 N–H and O–H groups in total. The number of carboxylic acids is 4. The van der Waals surface area contributed by atoms with Crippen molar-refractivity contribution in [3.05, 3.63) is 62.8 Å². The highest BCUT2D eigenvalue weighted by atomic mass is 28.1. The lowest BCUT2D eigenvalue weighted by molar-refractivity contribution is -0.138. The van der Waals surface area contributed by atoms with Crippen LogP contribution in [-0.2, 0) is 28.7 Å². The molecule has 0 aliphatic heterocycles. The third-order valence-corrected chi connectivity index (χ3v) is 1.32. The third kappa shape index (κ3) is 94.8. The Balaban J connectivity index is -0.0000000575. The summed E-state index contributed by atoms with van der Waals surface area (Å²) in [4.78, 5) is 47.4. The maximum Gasteiger partial charge on any atom is 0.333 e. The maximum atomic E-state index is 10.4. The summed E-state index contributed by atoms with van der Waals surface area (Å²) in [6.07, 6.45) is 3.33. The van der Waals surface area contributed by atoms with Crippen molar-refractivity contribution in [3.63, 3.8) is 0 Å². The number of rotatable bonds is 6. The second kappa shape index (κ2) is 32.0. The molecule has 0 bridgehead atoms. The average molecular weight is 435 g/mol. The van der Waals surface area contributed by atoms with Gasteiger partial charge in [-0.1, -0.05) is 32.9 Å². The monoisotopic (exact) mass is 434 g/mol. The van der Waals surface area contributed by atoms with E-state index in [9.17, 15) is 24.0 Å². The van der Waals surface area contributed by atoms with Crippen molar-refractivity contribution in [1.82, 2.24) is 0 Å². The first-order chi connectivity index (χ1) is 12.8. The molecule has 0 saturated carbocycles. The van der Waals surface area contributed by atoms with Crippen LogP contribution in [0.5, 0.6) is 0 Å². The Morgan fingerprint density at radius 2 is 0.897 bits per heavy atom. The second-order valence-corrected chi connectivity index (χ2v) is 3.67. The highest BCUT2D eigenvalue weighted by molar-refractivity contribution is 5.86. The summed E-state index contributed by atoms with van der Waals surface area (Å²) in [5, 5.41) is 30.4. The Labute approximate surface area is 173 Å². The Morgan fingerprint density at radius 1 is 0.724 bits per heavy atom. The molecule has 11 heteroatoms. The van der Waals surface area contributed by atoms with Crippen molar-refractivity contribution in [1.29, 1.82) is 0 Å². The zero-order chi connectivity index (χ0) is 23.7. The number of hydrogen-bond acceptors (Lipinski definition) is 6. The zero-order valence-electron chi connectivity index (χ0n) is 15.8. The minimum Gasteiger partial charge on any atom is -0.478 e. The molecule has 29 heavy (non-hydrogen) atoms. The molecule has 0 aliphatic carbocycles. The standard InChI is InChI=1S/C6H10O2.4C3H4O2.H4Si/c1-4-8-6(7)5(2)3;4*1-2-3(4)5;/h2,4H2,1,3H3;4*2H,1H2,(H,4,5);1H4. The number of carbonyl (C=O) groups excluding carboxylic acids is 1. The van der Waals surface area contributed by atoms with Gasteiger partial charge in [-0.05, 0) is 24.8 Å². The van der Waals surface area contributed by atoms with Crippen LogP contribution in [0.1, 0.15) is 13.8 Å². The average Bonchev–Trinajstić information content (AvgIpc) is 2.63. The summed E-state index contributed by atoms with van der Waals surface area (Å²) < 4.78 is 4.56. The van der Waals surface area contributed by atoms with Gasteiger partial charge in [0, 0.05) is 29.9 Å². The first-order valence-corrected chi connectivity index (χ1v) is 7.01. The van der Waals surface area contributed by atoms with Gasteiger partial charge in [-0.2, -0.15) is 0 Å². The Hall–Kier alpha value is -3.73. The van der Waals surface area contributed by atoms with Gasteiger partial charge in [0.2, 0.25) is 0 Å². The molecule has 0 unspecified atom stereocenters. The van der Waals surface area contributed by atoms with E-state index in [1.165, 1.54) is 0 Å². The SMILES string of the molecule is C=C(C)C(=O)OCC.C=CC(=O)O.C=CC(=O)O.C=CC(=O)O.C=CC(=O)O.[SiH4]. The van der Waals surface area contributed by atoms with Crippen LogP contribution < -0.4 is 0 Å². The van der Waals surface area contributed by atoms with E-state index in [0.717, 1.165) is 24.3 Å². The molecule has 0 fully saturated rings. The maximum absolute atomic E-state index is 10.4. The quantitative estimate of drug-likeness (QED) is 0.264. The summed E-state index contributed by atoms with van der Waals surface area (Å²) in [5.74, 6) is -4.24. The van der Waals surface area contributed by atoms with Gasteiger partial charge in [0.05, 0.1) is 6.61 Å². The molecular weight excluding hydrogens is 404 g/mol. The summed E-state index contributed by atoms with van der Waals surface area (Å²) in [6, 6.07) is 0.